The molecule has 0 amide bonds. The molecule has 1 fully saturated rings. The van der Waals surface area contributed by atoms with Crippen molar-refractivity contribution in [3.8, 4) is 28.8 Å². The Hall–Kier alpha value is -3.26. The highest BCUT2D eigenvalue weighted by Gasteiger charge is 2.17. The predicted octanol–water partition coefficient (Wildman–Crippen LogP) is 3.64. The smallest absolute Gasteiger partial charge is 0.246 e. The molecule has 0 unspecified atom stereocenters. The fourth-order valence-electron chi connectivity index (χ4n) is 3.17. The Morgan fingerprint density at radius 2 is 2.00 bits per heavy atom. The summed E-state index contributed by atoms with van der Waals surface area (Å²) in [6.45, 7) is 1.75. The van der Waals surface area contributed by atoms with Crippen molar-refractivity contribution in [1.82, 2.24) is 20.3 Å². The molecule has 1 saturated heterocycles. The van der Waals surface area contributed by atoms with Crippen molar-refractivity contribution in [3.05, 3.63) is 54.7 Å². The van der Waals surface area contributed by atoms with Crippen LogP contribution in [0.4, 0.5) is 10.1 Å². The first-order chi connectivity index (χ1) is 14.2. The second-order valence-corrected chi connectivity index (χ2v) is 6.71. The molecule has 1 aromatic carbocycles. The van der Waals surface area contributed by atoms with Crippen molar-refractivity contribution < 1.29 is 13.9 Å². The predicted molar refractivity (Wildman–Crippen MR) is 108 cm³/mol. The molecule has 0 radical (unpaired) electrons. The van der Waals surface area contributed by atoms with E-state index in [1.165, 1.54) is 6.20 Å². The second-order valence-electron chi connectivity index (χ2n) is 6.71. The van der Waals surface area contributed by atoms with E-state index in [1.54, 1.807) is 49.7 Å². The van der Waals surface area contributed by atoms with E-state index < -0.39 is 5.95 Å². The molecule has 2 N–H and O–H groups in total. The molecule has 0 aliphatic carbocycles. The number of halogens is 1. The zero-order valence-corrected chi connectivity index (χ0v) is 16.1. The van der Waals surface area contributed by atoms with E-state index in [0.717, 1.165) is 31.7 Å². The highest BCUT2D eigenvalue weighted by Crippen LogP contribution is 2.30. The number of pyridine rings is 1. The van der Waals surface area contributed by atoms with Crippen LogP contribution in [0.25, 0.3) is 11.4 Å². The van der Waals surface area contributed by atoms with Gasteiger partial charge in [0.05, 0.1) is 18.9 Å². The summed E-state index contributed by atoms with van der Waals surface area (Å²) in [5.41, 5.74) is 0.860. The minimum Gasteiger partial charge on any atom is -0.497 e. The second kappa shape index (κ2) is 8.83. The lowest BCUT2D eigenvalue weighted by Crippen LogP contribution is -2.29. The number of ether oxygens (including phenoxy) is 2. The van der Waals surface area contributed by atoms with Crippen LogP contribution in [0.15, 0.2) is 48.8 Å². The lowest BCUT2D eigenvalue weighted by Gasteiger charge is -2.16. The molecule has 3 aromatic rings. The first kappa shape index (κ1) is 19.1. The maximum Gasteiger partial charge on any atom is 0.246 e. The van der Waals surface area contributed by atoms with Crippen LogP contribution in [0, 0.1) is 5.95 Å². The van der Waals surface area contributed by atoms with Gasteiger partial charge in [0.1, 0.15) is 17.2 Å². The third kappa shape index (κ3) is 4.60. The van der Waals surface area contributed by atoms with E-state index in [0.29, 0.717) is 23.4 Å². The average Bonchev–Trinajstić information content (AvgIpc) is 3.27. The van der Waals surface area contributed by atoms with Gasteiger partial charge >= 0.3 is 0 Å². The van der Waals surface area contributed by atoms with Gasteiger partial charge in [0.15, 0.2) is 5.82 Å². The van der Waals surface area contributed by atoms with Gasteiger partial charge < -0.3 is 20.1 Å². The third-order valence-electron chi connectivity index (χ3n) is 4.73. The highest BCUT2D eigenvalue weighted by atomic mass is 19.1. The number of nitrogens with one attached hydrogen (secondary N) is 2. The lowest BCUT2D eigenvalue weighted by molar-refractivity contribution is 0.412. The molecular formula is C21H22FN5O2. The van der Waals surface area contributed by atoms with Crippen LogP contribution in [0.1, 0.15) is 12.8 Å². The Labute approximate surface area is 168 Å². The van der Waals surface area contributed by atoms with E-state index >= 15 is 0 Å². The SMILES string of the molecule is COc1ccc(Oc2nc(-c3cccnc3F)ncc2NC[C@@H]2CCCN2)cc1. The van der Waals surface area contributed by atoms with Crippen molar-refractivity contribution in [2.24, 2.45) is 0 Å². The van der Waals surface area contributed by atoms with Crippen LogP contribution in [-0.4, -0.2) is 41.2 Å². The number of anilines is 1. The number of aromatic nitrogens is 3. The molecule has 0 spiro atoms. The van der Waals surface area contributed by atoms with Gasteiger partial charge in [-0.15, -0.1) is 0 Å². The summed E-state index contributed by atoms with van der Waals surface area (Å²) in [7, 11) is 1.61. The largest absolute Gasteiger partial charge is 0.497 e. The fourth-order valence-corrected chi connectivity index (χ4v) is 3.17. The molecule has 7 nitrogen and oxygen atoms in total. The van der Waals surface area contributed by atoms with Gasteiger partial charge in [-0.2, -0.15) is 9.37 Å². The minimum absolute atomic E-state index is 0.212. The summed E-state index contributed by atoms with van der Waals surface area (Å²) >= 11 is 0. The molecule has 29 heavy (non-hydrogen) atoms. The number of hydrogen-bond donors (Lipinski definition) is 2. The van der Waals surface area contributed by atoms with Crippen LogP contribution in [-0.2, 0) is 0 Å². The molecule has 4 rings (SSSR count). The zero-order valence-electron chi connectivity index (χ0n) is 16.1. The molecule has 8 heteroatoms. The molecule has 3 heterocycles. The third-order valence-corrected chi connectivity index (χ3v) is 4.73. The van der Waals surface area contributed by atoms with Gasteiger partial charge in [0, 0.05) is 18.8 Å². The van der Waals surface area contributed by atoms with Crippen molar-refractivity contribution in [2.45, 2.75) is 18.9 Å². The summed E-state index contributed by atoms with van der Waals surface area (Å²) in [6.07, 6.45) is 5.28. The topological polar surface area (TPSA) is 81.2 Å². The Kier molecular flexibility index (Phi) is 5.81. The summed E-state index contributed by atoms with van der Waals surface area (Å²) in [4.78, 5) is 12.4. The number of methoxy groups -OCH3 is 1. The molecule has 0 bridgehead atoms. The highest BCUT2D eigenvalue weighted by molar-refractivity contribution is 5.60. The number of nitrogens with zero attached hydrogens (tertiary/aromatic N) is 3. The van der Waals surface area contributed by atoms with Gasteiger partial charge in [0.2, 0.25) is 11.8 Å². The van der Waals surface area contributed by atoms with Crippen LogP contribution >= 0.6 is 0 Å². The summed E-state index contributed by atoms with van der Waals surface area (Å²) in [6, 6.07) is 10.8. The van der Waals surface area contributed by atoms with Gasteiger partial charge in [-0.3, -0.25) is 0 Å². The van der Waals surface area contributed by atoms with E-state index in [2.05, 4.69) is 25.6 Å². The molecule has 0 saturated carbocycles. The first-order valence-corrected chi connectivity index (χ1v) is 9.50. The van der Waals surface area contributed by atoms with Gasteiger partial charge in [-0.05, 0) is 55.8 Å². The van der Waals surface area contributed by atoms with Gasteiger partial charge in [0.25, 0.3) is 0 Å². The van der Waals surface area contributed by atoms with E-state index in [9.17, 15) is 4.39 Å². The Balaban J connectivity index is 1.62. The van der Waals surface area contributed by atoms with Crippen LogP contribution in [0.5, 0.6) is 17.4 Å². The Morgan fingerprint density at radius 3 is 2.72 bits per heavy atom. The number of rotatable bonds is 7. The zero-order chi connectivity index (χ0) is 20.1. The van der Waals surface area contributed by atoms with Crippen LogP contribution in [0.2, 0.25) is 0 Å². The molecule has 150 valence electrons. The maximum absolute atomic E-state index is 14.1. The summed E-state index contributed by atoms with van der Waals surface area (Å²) < 4.78 is 25.3. The van der Waals surface area contributed by atoms with E-state index in [-0.39, 0.29) is 11.4 Å². The van der Waals surface area contributed by atoms with Crippen LogP contribution < -0.4 is 20.1 Å². The molecule has 1 aliphatic rings. The normalized spacial score (nSPS) is 15.9. The Morgan fingerprint density at radius 1 is 1.17 bits per heavy atom. The molecule has 2 aromatic heterocycles. The number of benzene rings is 1. The summed E-state index contributed by atoms with van der Waals surface area (Å²) in [5.74, 6) is 1.22. The van der Waals surface area contributed by atoms with E-state index in [1.807, 2.05) is 0 Å². The maximum atomic E-state index is 14.1. The van der Waals surface area contributed by atoms with Crippen molar-refractivity contribution in [3.63, 3.8) is 0 Å². The molecule has 1 atom stereocenters. The van der Waals surface area contributed by atoms with Crippen molar-refractivity contribution in [1.29, 1.82) is 0 Å². The molecule has 1 aliphatic heterocycles. The quantitative estimate of drug-likeness (QED) is 0.591. The van der Waals surface area contributed by atoms with Crippen LogP contribution in [0.3, 0.4) is 0 Å². The standard InChI is InChI=1S/C21H22FN5O2/c1-28-15-6-8-16(9-7-15)29-21-18(25-12-14-4-2-10-23-14)13-26-20(27-21)17-5-3-11-24-19(17)22/h3,5-9,11,13-14,23,25H,2,4,10,12H2,1H3/t14-/m0/s1. The van der Waals surface area contributed by atoms with E-state index in [4.69, 9.17) is 9.47 Å². The lowest BCUT2D eigenvalue weighted by atomic mass is 10.2. The Bertz CT molecular complexity index is 962. The van der Waals surface area contributed by atoms with Crippen molar-refractivity contribution >= 4 is 5.69 Å². The van der Waals surface area contributed by atoms with Gasteiger partial charge in [-0.25, -0.2) is 9.97 Å². The first-order valence-electron chi connectivity index (χ1n) is 9.50. The monoisotopic (exact) mass is 395 g/mol. The van der Waals surface area contributed by atoms with Crippen molar-refractivity contribution in [2.75, 3.05) is 25.5 Å². The summed E-state index contributed by atoms with van der Waals surface area (Å²) in [5, 5.41) is 6.78. The number of hydrogen-bond acceptors (Lipinski definition) is 7. The average molecular weight is 395 g/mol. The fraction of sp³-hybridized carbons (Fsp3) is 0.286. The minimum atomic E-state index is -0.626. The van der Waals surface area contributed by atoms with Gasteiger partial charge in [-0.1, -0.05) is 0 Å². The molecular weight excluding hydrogens is 373 g/mol.